The van der Waals surface area contributed by atoms with E-state index in [2.05, 4.69) is 12.2 Å². The van der Waals surface area contributed by atoms with E-state index >= 15 is 0 Å². The maximum atomic E-state index is 12.0. The summed E-state index contributed by atoms with van der Waals surface area (Å²) >= 11 is 6.21. The van der Waals surface area contributed by atoms with Gasteiger partial charge in [-0.25, -0.2) is 4.79 Å². The molecule has 1 amide bonds. The summed E-state index contributed by atoms with van der Waals surface area (Å²) in [5, 5.41) is 3.33. The van der Waals surface area contributed by atoms with Crippen LogP contribution in [0.5, 0.6) is 11.5 Å². The van der Waals surface area contributed by atoms with Crippen LogP contribution in [0.1, 0.15) is 45.1 Å². The average Bonchev–Trinajstić information content (AvgIpc) is 2.68. The van der Waals surface area contributed by atoms with Gasteiger partial charge in [-0.15, -0.1) is 0 Å². The third kappa shape index (κ3) is 6.44. The van der Waals surface area contributed by atoms with Crippen molar-refractivity contribution in [2.24, 2.45) is 5.92 Å². The van der Waals surface area contributed by atoms with Gasteiger partial charge in [-0.05, 0) is 49.5 Å². The van der Waals surface area contributed by atoms with Gasteiger partial charge < -0.3 is 19.5 Å². The fourth-order valence-corrected chi connectivity index (χ4v) is 3.52. The quantitative estimate of drug-likeness (QED) is 0.519. The molecule has 6 nitrogen and oxygen atoms in total. The van der Waals surface area contributed by atoms with Crippen LogP contribution >= 0.6 is 11.6 Å². The summed E-state index contributed by atoms with van der Waals surface area (Å²) in [6.45, 7) is 4.15. The Hall–Kier alpha value is -2.21. The summed E-state index contributed by atoms with van der Waals surface area (Å²) in [6, 6.07) is 3.53. The molecule has 0 aromatic heterocycles. The SMILES string of the molecule is CCOc1c(Cl)cc(/C=C/C(=O)OCC(=O)N[C@H]2CCCC[C@H]2C)cc1OC. The van der Waals surface area contributed by atoms with Gasteiger partial charge in [0.2, 0.25) is 0 Å². The van der Waals surface area contributed by atoms with E-state index in [0.29, 0.717) is 34.6 Å². The Balaban J connectivity index is 1.87. The smallest absolute Gasteiger partial charge is 0.331 e. The fourth-order valence-electron chi connectivity index (χ4n) is 3.25. The Bertz CT molecular complexity index is 719. The van der Waals surface area contributed by atoms with E-state index < -0.39 is 5.97 Å². The number of hydrogen-bond acceptors (Lipinski definition) is 5. The zero-order valence-corrected chi connectivity index (χ0v) is 17.4. The summed E-state index contributed by atoms with van der Waals surface area (Å²) < 4.78 is 15.8. The molecule has 1 N–H and O–H groups in total. The molecule has 0 saturated heterocycles. The first-order valence-corrected chi connectivity index (χ1v) is 9.97. The number of ether oxygens (including phenoxy) is 3. The maximum Gasteiger partial charge on any atom is 0.331 e. The number of nitrogens with one attached hydrogen (secondary N) is 1. The molecular weight excluding hydrogens is 382 g/mol. The number of rotatable bonds is 8. The fraction of sp³-hybridized carbons (Fsp3) is 0.524. The van der Waals surface area contributed by atoms with Gasteiger partial charge in [-0.1, -0.05) is 31.4 Å². The Labute approximate surface area is 171 Å². The van der Waals surface area contributed by atoms with Crippen LogP contribution < -0.4 is 14.8 Å². The molecule has 0 unspecified atom stereocenters. The highest BCUT2D eigenvalue weighted by Gasteiger charge is 2.23. The summed E-state index contributed by atoms with van der Waals surface area (Å²) in [5.41, 5.74) is 0.655. The molecule has 0 radical (unpaired) electrons. The summed E-state index contributed by atoms with van der Waals surface area (Å²) in [7, 11) is 1.52. The summed E-state index contributed by atoms with van der Waals surface area (Å²) in [6.07, 6.45) is 7.21. The predicted molar refractivity (Wildman–Crippen MR) is 109 cm³/mol. The molecular formula is C21H28ClNO5. The van der Waals surface area contributed by atoms with Gasteiger partial charge in [0.15, 0.2) is 18.1 Å². The van der Waals surface area contributed by atoms with Gasteiger partial charge in [0.05, 0.1) is 18.7 Å². The third-order valence-corrected chi connectivity index (χ3v) is 5.04. The summed E-state index contributed by atoms with van der Waals surface area (Å²) in [5.74, 6) is 0.512. The second-order valence-electron chi connectivity index (χ2n) is 6.84. The number of carbonyl (C=O) groups excluding carboxylic acids is 2. The van der Waals surface area contributed by atoms with E-state index in [1.807, 2.05) is 6.92 Å². The lowest BCUT2D eigenvalue weighted by atomic mass is 9.86. The first-order chi connectivity index (χ1) is 13.4. The van der Waals surface area contributed by atoms with Gasteiger partial charge in [-0.2, -0.15) is 0 Å². The van der Waals surface area contributed by atoms with E-state index in [1.54, 1.807) is 18.2 Å². The summed E-state index contributed by atoms with van der Waals surface area (Å²) in [4.78, 5) is 23.9. The van der Waals surface area contributed by atoms with Gasteiger partial charge in [0, 0.05) is 12.1 Å². The molecule has 1 aliphatic rings. The lowest BCUT2D eigenvalue weighted by molar-refractivity contribution is -0.144. The van der Waals surface area contributed by atoms with Crippen molar-refractivity contribution in [1.82, 2.24) is 5.32 Å². The van der Waals surface area contributed by atoms with Crippen molar-refractivity contribution in [2.75, 3.05) is 20.3 Å². The minimum Gasteiger partial charge on any atom is -0.493 e. The lowest BCUT2D eigenvalue weighted by Crippen LogP contribution is -2.42. The lowest BCUT2D eigenvalue weighted by Gasteiger charge is -2.29. The Kier molecular flexibility index (Phi) is 8.64. The zero-order valence-electron chi connectivity index (χ0n) is 16.6. The zero-order chi connectivity index (χ0) is 20.5. The van der Waals surface area contributed by atoms with Crippen LogP contribution in [0, 0.1) is 5.92 Å². The second-order valence-corrected chi connectivity index (χ2v) is 7.25. The average molecular weight is 410 g/mol. The molecule has 0 heterocycles. The molecule has 7 heteroatoms. The Morgan fingerprint density at radius 1 is 1.29 bits per heavy atom. The number of hydrogen-bond donors (Lipinski definition) is 1. The monoisotopic (exact) mass is 409 g/mol. The van der Waals surface area contributed by atoms with Crippen LogP contribution in [0.4, 0.5) is 0 Å². The van der Waals surface area contributed by atoms with Crippen LogP contribution in [0.15, 0.2) is 18.2 Å². The molecule has 0 aliphatic heterocycles. The first-order valence-electron chi connectivity index (χ1n) is 9.59. The predicted octanol–water partition coefficient (Wildman–Crippen LogP) is 4.00. The van der Waals surface area contributed by atoms with Crippen molar-refractivity contribution in [3.05, 3.63) is 28.8 Å². The van der Waals surface area contributed by atoms with Crippen LogP contribution in [0.3, 0.4) is 0 Å². The van der Waals surface area contributed by atoms with Crippen LogP contribution in [-0.4, -0.2) is 38.2 Å². The van der Waals surface area contributed by atoms with Gasteiger partial charge >= 0.3 is 5.97 Å². The van der Waals surface area contributed by atoms with E-state index in [9.17, 15) is 9.59 Å². The van der Waals surface area contributed by atoms with Crippen molar-refractivity contribution in [3.63, 3.8) is 0 Å². The van der Waals surface area contributed by atoms with Crippen LogP contribution in [0.2, 0.25) is 5.02 Å². The van der Waals surface area contributed by atoms with Crippen molar-refractivity contribution in [3.8, 4) is 11.5 Å². The molecule has 1 fully saturated rings. The molecule has 1 saturated carbocycles. The Morgan fingerprint density at radius 3 is 2.71 bits per heavy atom. The molecule has 1 aromatic rings. The van der Waals surface area contributed by atoms with E-state index in [-0.39, 0.29) is 18.6 Å². The minimum absolute atomic E-state index is 0.161. The van der Waals surface area contributed by atoms with Crippen molar-refractivity contribution < 1.29 is 23.8 Å². The highest BCUT2D eigenvalue weighted by Crippen LogP contribution is 2.36. The van der Waals surface area contributed by atoms with Crippen LogP contribution in [0.25, 0.3) is 6.08 Å². The van der Waals surface area contributed by atoms with E-state index in [1.165, 1.54) is 19.6 Å². The number of methoxy groups -OCH3 is 1. The molecule has 0 spiro atoms. The van der Waals surface area contributed by atoms with Gasteiger partial charge in [0.25, 0.3) is 5.91 Å². The van der Waals surface area contributed by atoms with Crippen molar-refractivity contribution in [2.45, 2.75) is 45.6 Å². The van der Waals surface area contributed by atoms with Crippen LogP contribution in [-0.2, 0) is 14.3 Å². The van der Waals surface area contributed by atoms with E-state index in [4.69, 9.17) is 25.8 Å². The highest BCUT2D eigenvalue weighted by atomic mass is 35.5. The molecule has 154 valence electrons. The number of amides is 1. The molecule has 2 atom stereocenters. The minimum atomic E-state index is -0.601. The third-order valence-electron chi connectivity index (χ3n) is 4.76. The standard InChI is InChI=1S/C21H28ClNO5/c1-4-27-21-16(22)11-15(12-18(21)26-3)9-10-20(25)28-13-19(24)23-17-8-6-5-7-14(17)2/h9-12,14,17H,4-8,13H2,1-3H3,(H,23,24)/b10-9+/t14-,17+/m1/s1. The topological polar surface area (TPSA) is 73.9 Å². The van der Waals surface area contributed by atoms with E-state index in [0.717, 1.165) is 19.3 Å². The number of halogens is 1. The molecule has 1 aliphatic carbocycles. The normalized spacial score (nSPS) is 19.3. The molecule has 1 aromatic carbocycles. The number of benzene rings is 1. The largest absolute Gasteiger partial charge is 0.493 e. The second kappa shape index (κ2) is 11.0. The maximum absolute atomic E-state index is 12.0. The van der Waals surface area contributed by atoms with Crippen molar-refractivity contribution in [1.29, 1.82) is 0 Å². The first kappa shape index (κ1) is 22.1. The number of esters is 1. The molecule has 2 rings (SSSR count). The van der Waals surface area contributed by atoms with Gasteiger partial charge in [-0.3, -0.25) is 4.79 Å². The van der Waals surface area contributed by atoms with Gasteiger partial charge in [0.1, 0.15) is 0 Å². The highest BCUT2D eigenvalue weighted by molar-refractivity contribution is 6.32. The number of carbonyl (C=O) groups is 2. The van der Waals surface area contributed by atoms with Crippen molar-refractivity contribution >= 4 is 29.6 Å². The molecule has 28 heavy (non-hydrogen) atoms. The Morgan fingerprint density at radius 2 is 2.04 bits per heavy atom. The molecule has 0 bridgehead atoms.